The molecule has 4 nitrogen and oxygen atoms in total. The minimum atomic E-state index is -3.58. The van der Waals surface area contributed by atoms with E-state index >= 15 is 0 Å². The van der Waals surface area contributed by atoms with E-state index in [2.05, 4.69) is 0 Å². The van der Waals surface area contributed by atoms with Gasteiger partial charge in [-0.05, 0) is 25.5 Å². The lowest BCUT2D eigenvalue weighted by Gasteiger charge is -2.23. The first-order valence-corrected chi connectivity index (χ1v) is 6.86. The highest BCUT2D eigenvalue weighted by molar-refractivity contribution is 7.89. The normalized spacial score (nSPS) is 13.4. The van der Waals surface area contributed by atoms with Crippen molar-refractivity contribution in [2.45, 2.75) is 31.2 Å². The van der Waals surface area contributed by atoms with Crippen LogP contribution in [0.15, 0.2) is 29.2 Å². The summed E-state index contributed by atoms with van der Waals surface area (Å²) in [4.78, 5) is 0.0744. The van der Waals surface area contributed by atoms with Crippen molar-refractivity contribution in [3.63, 3.8) is 0 Å². The van der Waals surface area contributed by atoms with Gasteiger partial charge in [-0.3, -0.25) is 0 Å². The summed E-state index contributed by atoms with van der Waals surface area (Å²) in [6.07, 6.45) is 0.727. The second kappa shape index (κ2) is 5.30. The van der Waals surface area contributed by atoms with Crippen molar-refractivity contribution in [2.75, 3.05) is 7.05 Å². The van der Waals surface area contributed by atoms with Gasteiger partial charge >= 0.3 is 0 Å². The van der Waals surface area contributed by atoms with Crippen molar-refractivity contribution in [1.82, 2.24) is 4.31 Å². The summed E-state index contributed by atoms with van der Waals surface area (Å²) in [5.41, 5.74) is 0.183. The summed E-state index contributed by atoms with van der Waals surface area (Å²) in [6, 6.07) is 8.07. The SMILES string of the molecule is CCC(C)N(C)S(=O)(=O)c1ccccc1C#N. The highest BCUT2D eigenvalue weighted by Crippen LogP contribution is 2.20. The van der Waals surface area contributed by atoms with Crippen molar-refractivity contribution >= 4 is 10.0 Å². The molecule has 0 heterocycles. The fourth-order valence-electron chi connectivity index (χ4n) is 1.43. The highest BCUT2D eigenvalue weighted by atomic mass is 32.2. The summed E-state index contributed by atoms with van der Waals surface area (Å²) < 4.78 is 25.9. The third kappa shape index (κ3) is 2.65. The molecule has 1 atom stereocenters. The predicted molar refractivity (Wildman–Crippen MR) is 65.9 cm³/mol. The Labute approximate surface area is 103 Å². The second-order valence-corrected chi connectivity index (χ2v) is 5.85. The number of nitriles is 1. The van der Waals surface area contributed by atoms with Crippen LogP contribution in [0.4, 0.5) is 0 Å². The largest absolute Gasteiger partial charge is 0.244 e. The van der Waals surface area contributed by atoms with Crippen LogP contribution in [0.1, 0.15) is 25.8 Å². The van der Waals surface area contributed by atoms with Crippen molar-refractivity contribution in [2.24, 2.45) is 0 Å². The van der Waals surface area contributed by atoms with Crippen LogP contribution >= 0.6 is 0 Å². The zero-order valence-corrected chi connectivity index (χ0v) is 11.0. The standard InChI is InChI=1S/C12H16N2O2S/c1-4-10(2)14(3)17(15,16)12-8-6-5-7-11(12)9-13/h5-8,10H,4H2,1-3H3. The summed E-state index contributed by atoms with van der Waals surface area (Å²) >= 11 is 0. The second-order valence-electron chi connectivity index (χ2n) is 3.89. The maximum atomic E-state index is 12.3. The Kier molecular flexibility index (Phi) is 4.27. The molecule has 92 valence electrons. The Bertz CT molecular complexity index is 532. The van der Waals surface area contributed by atoms with Crippen LogP contribution in [0.25, 0.3) is 0 Å². The molecule has 5 heteroatoms. The number of sulfonamides is 1. The van der Waals surface area contributed by atoms with Gasteiger partial charge in [0.25, 0.3) is 0 Å². The van der Waals surface area contributed by atoms with Crippen LogP contribution in [0.5, 0.6) is 0 Å². The van der Waals surface area contributed by atoms with Gasteiger partial charge in [0.2, 0.25) is 10.0 Å². The molecule has 0 amide bonds. The molecule has 0 N–H and O–H groups in total. The van der Waals surface area contributed by atoms with Crippen molar-refractivity contribution in [1.29, 1.82) is 5.26 Å². The molecular weight excluding hydrogens is 236 g/mol. The van der Waals surface area contributed by atoms with Gasteiger partial charge in [-0.25, -0.2) is 8.42 Å². The number of nitrogens with zero attached hydrogens (tertiary/aromatic N) is 2. The van der Waals surface area contributed by atoms with Gasteiger partial charge in [0, 0.05) is 13.1 Å². The van der Waals surface area contributed by atoms with Crippen LogP contribution in [-0.2, 0) is 10.0 Å². The number of rotatable bonds is 4. The van der Waals surface area contributed by atoms with Gasteiger partial charge in [0.05, 0.1) is 10.5 Å². The molecule has 0 aliphatic carbocycles. The summed E-state index contributed by atoms with van der Waals surface area (Å²) in [7, 11) is -2.04. The van der Waals surface area contributed by atoms with Crippen molar-refractivity contribution < 1.29 is 8.42 Å². The van der Waals surface area contributed by atoms with E-state index in [1.165, 1.54) is 23.5 Å². The Morgan fingerprint density at radius 1 is 1.41 bits per heavy atom. The van der Waals surface area contributed by atoms with Gasteiger partial charge in [0.15, 0.2) is 0 Å². The molecule has 0 aliphatic heterocycles. The predicted octanol–water partition coefficient (Wildman–Crippen LogP) is 1.98. The molecule has 0 radical (unpaired) electrons. The van der Waals surface area contributed by atoms with E-state index in [-0.39, 0.29) is 16.5 Å². The van der Waals surface area contributed by atoms with Crippen molar-refractivity contribution in [3.05, 3.63) is 29.8 Å². The number of benzene rings is 1. The van der Waals surface area contributed by atoms with Gasteiger partial charge in [-0.2, -0.15) is 9.57 Å². The van der Waals surface area contributed by atoms with Crippen LogP contribution in [0.2, 0.25) is 0 Å². The first kappa shape index (κ1) is 13.7. The van der Waals surface area contributed by atoms with E-state index in [1.54, 1.807) is 12.1 Å². The summed E-state index contributed by atoms with van der Waals surface area (Å²) in [6.45, 7) is 3.76. The Morgan fingerprint density at radius 3 is 2.53 bits per heavy atom. The Hall–Kier alpha value is -1.38. The Morgan fingerprint density at radius 2 is 2.00 bits per heavy atom. The lowest BCUT2D eigenvalue weighted by molar-refractivity contribution is 0.380. The zero-order chi connectivity index (χ0) is 13.1. The van der Waals surface area contributed by atoms with Crippen LogP contribution in [0.3, 0.4) is 0 Å². The molecule has 0 saturated heterocycles. The van der Waals surface area contributed by atoms with Gasteiger partial charge in [0.1, 0.15) is 6.07 Å². The Balaban J connectivity index is 3.28. The maximum Gasteiger partial charge on any atom is 0.244 e. The molecular formula is C12H16N2O2S. The van der Waals surface area contributed by atoms with E-state index in [0.29, 0.717) is 0 Å². The van der Waals surface area contributed by atoms with Gasteiger partial charge in [-0.15, -0.1) is 0 Å². The molecule has 0 fully saturated rings. The molecule has 1 rings (SSSR count). The van der Waals surface area contributed by atoms with E-state index in [9.17, 15) is 8.42 Å². The van der Waals surface area contributed by atoms with E-state index in [0.717, 1.165) is 6.42 Å². The lowest BCUT2D eigenvalue weighted by atomic mass is 10.2. The van der Waals surface area contributed by atoms with Gasteiger partial charge in [-0.1, -0.05) is 19.1 Å². The molecule has 1 aromatic rings. The third-order valence-corrected chi connectivity index (χ3v) is 4.91. The molecule has 1 aromatic carbocycles. The average Bonchev–Trinajstić information content (AvgIpc) is 2.36. The van der Waals surface area contributed by atoms with E-state index in [4.69, 9.17) is 5.26 Å². The van der Waals surface area contributed by atoms with Gasteiger partial charge < -0.3 is 0 Å². The fourth-order valence-corrected chi connectivity index (χ4v) is 3.01. The average molecular weight is 252 g/mol. The quantitative estimate of drug-likeness (QED) is 0.823. The number of hydrogen-bond acceptors (Lipinski definition) is 3. The first-order chi connectivity index (χ1) is 7.95. The highest BCUT2D eigenvalue weighted by Gasteiger charge is 2.26. The summed E-state index contributed by atoms with van der Waals surface area (Å²) in [5.74, 6) is 0. The van der Waals surface area contributed by atoms with E-state index in [1.807, 2.05) is 19.9 Å². The fraction of sp³-hybridized carbons (Fsp3) is 0.417. The topological polar surface area (TPSA) is 61.2 Å². The van der Waals surface area contributed by atoms with Crippen LogP contribution in [0, 0.1) is 11.3 Å². The van der Waals surface area contributed by atoms with Crippen LogP contribution < -0.4 is 0 Å². The van der Waals surface area contributed by atoms with E-state index < -0.39 is 10.0 Å². The smallest absolute Gasteiger partial charge is 0.207 e. The molecule has 17 heavy (non-hydrogen) atoms. The molecule has 0 aromatic heterocycles. The van der Waals surface area contributed by atoms with Crippen LogP contribution in [-0.4, -0.2) is 25.8 Å². The summed E-state index contributed by atoms with van der Waals surface area (Å²) in [5, 5.41) is 8.93. The first-order valence-electron chi connectivity index (χ1n) is 5.42. The number of hydrogen-bond donors (Lipinski definition) is 0. The third-order valence-electron chi connectivity index (χ3n) is 2.88. The lowest BCUT2D eigenvalue weighted by Crippen LogP contribution is -2.35. The minimum Gasteiger partial charge on any atom is -0.207 e. The monoisotopic (exact) mass is 252 g/mol. The molecule has 0 bridgehead atoms. The maximum absolute atomic E-state index is 12.3. The molecule has 0 saturated carbocycles. The zero-order valence-electron chi connectivity index (χ0n) is 10.2. The molecule has 0 aliphatic rings. The molecule has 1 unspecified atom stereocenters. The van der Waals surface area contributed by atoms with Crippen molar-refractivity contribution in [3.8, 4) is 6.07 Å². The molecule has 0 spiro atoms. The minimum absolute atomic E-state index is 0.0744.